The van der Waals surface area contributed by atoms with Gasteiger partial charge in [-0.2, -0.15) is 0 Å². The average Bonchev–Trinajstić information content (AvgIpc) is 2.21. The first kappa shape index (κ1) is 26.0. The summed E-state index contributed by atoms with van der Waals surface area (Å²) in [6.07, 6.45) is 0. The fourth-order valence-electron chi connectivity index (χ4n) is 1.03. The van der Waals surface area contributed by atoms with E-state index >= 15 is 0 Å². The van der Waals surface area contributed by atoms with Crippen molar-refractivity contribution in [3.05, 3.63) is 0 Å². The van der Waals surface area contributed by atoms with E-state index in [4.69, 9.17) is 12.6 Å². The second kappa shape index (κ2) is 7.76. The van der Waals surface area contributed by atoms with Crippen molar-refractivity contribution in [1.29, 1.82) is 0 Å². The lowest BCUT2D eigenvalue weighted by Gasteiger charge is -2.46. The highest BCUT2D eigenvalue weighted by molar-refractivity contribution is 7.47. The zero-order valence-electron chi connectivity index (χ0n) is 19.7. The van der Waals surface area contributed by atoms with Crippen molar-refractivity contribution < 1.29 is 12.6 Å². The Morgan fingerprint density at radius 2 is 0.600 bits per heavy atom. The van der Waals surface area contributed by atoms with Gasteiger partial charge in [-0.15, -0.1) is 0 Å². The van der Waals surface area contributed by atoms with Gasteiger partial charge in [-0.25, -0.2) is 0 Å². The van der Waals surface area contributed by atoms with Crippen LogP contribution in [0.3, 0.4) is 0 Å². The van der Waals surface area contributed by atoms with Crippen LogP contribution in [0.1, 0.15) is 62.3 Å². The Bertz CT molecular complexity index is 377. The Balaban J connectivity index is 5.70. The minimum absolute atomic E-state index is 0.140. The highest BCUT2D eigenvalue weighted by Crippen LogP contribution is 2.57. The summed E-state index contributed by atoms with van der Waals surface area (Å²) in [5, 5.41) is 0.420. The van der Waals surface area contributed by atoms with Gasteiger partial charge in [-0.05, 0) is 54.4 Å². The molecule has 7 heteroatoms. The molecule has 0 unspecified atom stereocenters. The summed E-state index contributed by atoms with van der Waals surface area (Å²) < 4.78 is 20.1. The summed E-state index contributed by atoms with van der Waals surface area (Å²) in [4.78, 5) is 0. The van der Waals surface area contributed by atoms with Crippen LogP contribution in [-0.4, -0.2) is 25.0 Å². The maximum atomic E-state index is 6.69. The minimum atomic E-state index is -1.96. The summed E-state index contributed by atoms with van der Waals surface area (Å²) in [5.41, 5.74) is 0. The summed E-state index contributed by atoms with van der Waals surface area (Å²) in [7, 11) is -7.22. The van der Waals surface area contributed by atoms with E-state index in [1.54, 1.807) is 0 Å². The lowest BCUT2D eigenvalue weighted by molar-refractivity contribution is 0.346. The molecule has 3 nitrogen and oxygen atoms in total. The Morgan fingerprint density at radius 1 is 0.440 bits per heavy atom. The first-order valence-electron chi connectivity index (χ1n) is 9.41. The molecule has 0 bridgehead atoms. The molecule has 0 saturated carbocycles. The van der Waals surface area contributed by atoms with Crippen molar-refractivity contribution in [1.82, 2.24) is 0 Å². The van der Waals surface area contributed by atoms with Gasteiger partial charge in [0, 0.05) is 0 Å². The molecule has 0 aromatic rings. The van der Waals surface area contributed by atoms with Crippen LogP contribution in [0.5, 0.6) is 0 Å². The predicted molar refractivity (Wildman–Crippen MR) is 122 cm³/mol. The molecular formula is C18H45O3PSi3. The van der Waals surface area contributed by atoms with Crippen LogP contribution in [0.15, 0.2) is 0 Å². The molecule has 0 aliphatic carbocycles. The minimum Gasteiger partial charge on any atom is -0.355 e. The van der Waals surface area contributed by atoms with E-state index in [-0.39, 0.29) is 15.1 Å². The molecule has 0 spiro atoms. The van der Waals surface area contributed by atoms with Gasteiger partial charge in [0.15, 0.2) is 0 Å². The van der Waals surface area contributed by atoms with Gasteiger partial charge in [-0.1, -0.05) is 62.3 Å². The summed E-state index contributed by atoms with van der Waals surface area (Å²) in [6.45, 7) is 34.1. The third-order valence-electron chi connectivity index (χ3n) is 6.33. The van der Waals surface area contributed by atoms with Crippen LogP contribution >= 0.6 is 8.60 Å². The van der Waals surface area contributed by atoms with Gasteiger partial charge in [0.25, 0.3) is 8.60 Å². The van der Waals surface area contributed by atoms with Crippen molar-refractivity contribution in [2.45, 2.75) is 117 Å². The summed E-state index contributed by atoms with van der Waals surface area (Å²) >= 11 is 0. The van der Waals surface area contributed by atoms with Crippen LogP contribution in [0.25, 0.3) is 0 Å². The van der Waals surface area contributed by atoms with E-state index in [0.29, 0.717) is 0 Å². The lowest BCUT2D eigenvalue weighted by Crippen LogP contribution is -2.46. The van der Waals surface area contributed by atoms with Crippen LogP contribution in [0, 0.1) is 0 Å². The maximum absolute atomic E-state index is 6.69. The van der Waals surface area contributed by atoms with Crippen LogP contribution in [0.4, 0.5) is 0 Å². The van der Waals surface area contributed by atoms with E-state index in [0.717, 1.165) is 0 Å². The van der Waals surface area contributed by atoms with E-state index in [1.807, 2.05) is 0 Å². The SMILES string of the molecule is CC(C)(C)[Si](C)(C)OP(O[Si](C)(C)C(C)(C)C)O[Si](C)(C)C(C)(C)C. The first-order chi connectivity index (χ1) is 10.5. The predicted octanol–water partition coefficient (Wildman–Crippen LogP) is 8.28. The van der Waals surface area contributed by atoms with Gasteiger partial charge >= 0.3 is 0 Å². The molecule has 0 aliphatic heterocycles. The van der Waals surface area contributed by atoms with E-state index in [1.165, 1.54) is 0 Å². The average molecular weight is 425 g/mol. The molecule has 0 heterocycles. The van der Waals surface area contributed by atoms with E-state index in [9.17, 15) is 0 Å². The van der Waals surface area contributed by atoms with Crippen LogP contribution in [-0.2, 0) is 12.6 Å². The first-order valence-corrected chi connectivity index (χ1v) is 19.2. The lowest BCUT2D eigenvalue weighted by atomic mass is 10.2. The smallest absolute Gasteiger partial charge is 0.300 e. The molecule has 0 radical (unpaired) electrons. The molecular weight excluding hydrogens is 379 g/mol. The molecule has 0 atom stereocenters. The molecule has 0 saturated heterocycles. The normalized spacial score (nSPS) is 15.8. The van der Waals surface area contributed by atoms with Crippen molar-refractivity contribution in [3.63, 3.8) is 0 Å². The fraction of sp³-hybridized carbons (Fsp3) is 1.00. The summed E-state index contributed by atoms with van der Waals surface area (Å²) in [6, 6.07) is 0. The molecule has 0 aliphatic rings. The monoisotopic (exact) mass is 424 g/mol. The number of rotatable bonds is 6. The Morgan fingerprint density at radius 3 is 0.720 bits per heavy atom. The molecule has 0 fully saturated rings. The number of hydrogen-bond donors (Lipinski definition) is 0. The standard InChI is InChI=1S/C18H45O3PSi3/c1-16(2,3)23(10,11)19-22(20-24(12,13)17(4,5)6)21-25(14,15)18(7,8)9/h1-15H3. The maximum Gasteiger partial charge on any atom is 0.300 e. The molecule has 0 N–H and O–H groups in total. The third kappa shape index (κ3) is 7.13. The second-order valence-electron chi connectivity index (χ2n) is 11.8. The molecule has 25 heavy (non-hydrogen) atoms. The van der Waals surface area contributed by atoms with Crippen molar-refractivity contribution >= 4 is 33.6 Å². The molecule has 0 aromatic carbocycles. The van der Waals surface area contributed by atoms with Crippen molar-refractivity contribution in [3.8, 4) is 0 Å². The fourth-order valence-corrected chi connectivity index (χ4v) is 10.2. The Labute approximate surface area is 163 Å². The molecule has 152 valence electrons. The van der Waals surface area contributed by atoms with Gasteiger partial charge in [-0.3, -0.25) is 0 Å². The molecule has 0 amide bonds. The Hall–Kier alpha value is 0.961. The summed E-state index contributed by atoms with van der Waals surface area (Å²) in [5.74, 6) is 0. The van der Waals surface area contributed by atoms with Gasteiger partial charge in [0.2, 0.25) is 25.0 Å². The largest absolute Gasteiger partial charge is 0.355 e. The van der Waals surface area contributed by atoms with E-state index < -0.39 is 33.6 Å². The second-order valence-corrected chi connectivity index (χ2v) is 28.0. The van der Waals surface area contributed by atoms with E-state index in [2.05, 4.69) is 102 Å². The van der Waals surface area contributed by atoms with Gasteiger partial charge < -0.3 is 12.6 Å². The molecule has 0 rings (SSSR count). The van der Waals surface area contributed by atoms with Gasteiger partial charge in [0.1, 0.15) is 0 Å². The molecule has 0 aromatic heterocycles. The topological polar surface area (TPSA) is 27.7 Å². The van der Waals surface area contributed by atoms with Gasteiger partial charge in [0.05, 0.1) is 0 Å². The zero-order chi connectivity index (χ0) is 20.7. The Kier molecular flexibility index (Phi) is 8.06. The van der Waals surface area contributed by atoms with Crippen molar-refractivity contribution in [2.75, 3.05) is 0 Å². The van der Waals surface area contributed by atoms with Crippen LogP contribution in [0.2, 0.25) is 54.4 Å². The zero-order valence-corrected chi connectivity index (χ0v) is 23.6. The quantitative estimate of drug-likeness (QED) is 0.317. The van der Waals surface area contributed by atoms with Crippen molar-refractivity contribution in [2.24, 2.45) is 0 Å². The highest BCUT2D eigenvalue weighted by atomic mass is 31.2. The van der Waals surface area contributed by atoms with Crippen LogP contribution < -0.4 is 0 Å². The third-order valence-corrected chi connectivity index (χ3v) is 24.4. The highest BCUT2D eigenvalue weighted by Gasteiger charge is 2.48. The number of hydrogen-bond acceptors (Lipinski definition) is 3.